The lowest BCUT2D eigenvalue weighted by molar-refractivity contribution is -0.124. The van der Waals surface area contributed by atoms with Gasteiger partial charge >= 0.3 is 0 Å². The molecule has 26 heavy (non-hydrogen) atoms. The highest BCUT2D eigenvalue weighted by Crippen LogP contribution is 2.35. The molecule has 138 valence electrons. The van der Waals surface area contributed by atoms with E-state index < -0.39 is 6.04 Å². The fourth-order valence-electron chi connectivity index (χ4n) is 5.14. The molecule has 4 heteroatoms. The number of fused-ring (bicyclic) bond motifs is 2. The smallest absolute Gasteiger partial charge is 0.238 e. The molecular weight excluding hydrogens is 322 g/mol. The van der Waals surface area contributed by atoms with Crippen LogP contribution in [-0.2, 0) is 11.2 Å². The molecule has 4 rings (SSSR count). The van der Waals surface area contributed by atoms with Crippen molar-refractivity contribution in [3.8, 4) is 6.07 Å². The molecule has 1 heterocycles. The highest BCUT2D eigenvalue weighted by atomic mass is 16.2. The third kappa shape index (κ3) is 3.78. The van der Waals surface area contributed by atoms with Gasteiger partial charge in [-0.2, -0.15) is 5.26 Å². The van der Waals surface area contributed by atoms with Crippen LogP contribution in [0.25, 0.3) is 0 Å². The number of piperidine rings is 1. The molecule has 2 N–H and O–H groups in total. The van der Waals surface area contributed by atoms with Gasteiger partial charge in [-0.3, -0.25) is 4.79 Å². The molecule has 0 unspecified atom stereocenters. The Balaban J connectivity index is 1.33. The fourth-order valence-corrected chi connectivity index (χ4v) is 5.14. The maximum atomic E-state index is 12.5. The molecule has 1 saturated heterocycles. The van der Waals surface area contributed by atoms with Gasteiger partial charge in [-0.1, -0.05) is 43.5 Å². The Morgan fingerprint density at radius 3 is 2.54 bits per heavy atom. The van der Waals surface area contributed by atoms with Crippen LogP contribution in [0.3, 0.4) is 0 Å². The summed E-state index contributed by atoms with van der Waals surface area (Å²) in [4.78, 5) is 12.5. The highest BCUT2D eigenvalue weighted by molar-refractivity contribution is 5.83. The summed E-state index contributed by atoms with van der Waals surface area (Å²) in [5.74, 6) is 1.16. The molecule has 0 radical (unpaired) electrons. The fraction of sp³-hybridized carbons (Fsp3) is 0.636. The number of rotatable bonds is 5. The zero-order chi connectivity index (χ0) is 17.9. The summed E-state index contributed by atoms with van der Waals surface area (Å²) < 4.78 is 0. The van der Waals surface area contributed by atoms with Gasteiger partial charge in [0.1, 0.15) is 6.04 Å². The van der Waals surface area contributed by atoms with Crippen molar-refractivity contribution in [2.75, 3.05) is 0 Å². The zero-order valence-corrected chi connectivity index (χ0v) is 15.4. The summed E-state index contributed by atoms with van der Waals surface area (Å²) in [5, 5.41) is 15.8. The first-order valence-electron chi connectivity index (χ1n) is 10.3. The predicted molar refractivity (Wildman–Crippen MR) is 102 cm³/mol. The molecule has 2 aliphatic carbocycles. The number of amides is 1. The van der Waals surface area contributed by atoms with Crippen LogP contribution in [0.1, 0.15) is 68.4 Å². The average molecular weight is 351 g/mol. The highest BCUT2D eigenvalue weighted by Gasteiger charge is 2.43. The van der Waals surface area contributed by atoms with Crippen molar-refractivity contribution in [3.05, 3.63) is 35.4 Å². The number of hydrogen-bond donors (Lipinski definition) is 2. The van der Waals surface area contributed by atoms with Crippen molar-refractivity contribution in [1.82, 2.24) is 10.6 Å². The summed E-state index contributed by atoms with van der Waals surface area (Å²) in [6, 6.07) is 10.9. The lowest BCUT2D eigenvalue weighted by atomic mass is 9.84. The Morgan fingerprint density at radius 2 is 1.92 bits per heavy atom. The van der Waals surface area contributed by atoms with Gasteiger partial charge in [-0.15, -0.1) is 0 Å². The molecule has 1 aromatic carbocycles. The third-order valence-electron chi connectivity index (χ3n) is 6.61. The second-order valence-corrected chi connectivity index (χ2v) is 8.39. The first-order chi connectivity index (χ1) is 12.7. The van der Waals surface area contributed by atoms with Crippen molar-refractivity contribution in [2.45, 2.75) is 81.8 Å². The molecule has 0 aromatic heterocycles. The first-order valence-corrected chi connectivity index (χ1v) is 10.3. The SMILES string of the molecule is N#C[C@H](Cc1ccc(C2CCCCC2)cc1)NC(=O)[C@H]1N[C@@H]2CC[C@H]1C2. The normalized spacial score (nSPS) is 29.3. The van der Waals surface area contributed by atoms with Crippen LogP contribution in [0.4, 0.5) is 0 Å². The number of nitriles is 1. The summed E-state index contributed by atoms with van der Waals surface area (Å²) in [6.45, 7) is 0. The molecule has 1 amide bonds. The molecule has 1 aliphatic heterocycles. The van der Waals surface area contributed by atoms with Crippen LogP contribution in [0.2, 0.25) is 0 Å². The second kappa shape index (κ2) is 7.80. The van der Waals surface area contributed by atoms with Crippen LogP contribution >= 0.6 is 0 Å². The van der Waals surface area contributed by atoms with Gasteiger partial charge in [0.2, 0.25) is 5.91 Å². The molecule has 3 fully saturated rings. The number of benzene rings is 1. The van der Waals surface area contributed by atoms with E-state index in [0.29, 0.717) is 24.3 Å². The largest absolute Gasteiger partial charge is 0.339 e. The standard InChI is InChI=1S/C22H29N3O/c23-14-20(25-22(26)21-18-10-11-19(13-18)24-21)12-15-6-8-17(9-7-15)16-4-2-1-3-5-16/h6-9,16,18-21,24H,1-5,10-13H2,(H,25,26)/t18-,19+,20-,21-/m0/s1. The summed E-state index contributed by atoms with van der Waals surface area (Å²) in [7, 11) is 0. The number of carbonyl (C=O) groups is 1. The average Bonchev–Trinajstić information content (AvgIpc) is 3.32. The number of nitrogens with one attached hydrogen (secondary N) is 2. The van der Waals surface area contributed by atoms with E-state index in [2.05, 4.69) is 41.0 Å². The summed E-state index contributed by atoms with van der Waals surface area (Å²) in [5.41, 5.74) is 2.55. The Kier molecular flexibility index (Phi) is 5.26. The van der Waals surface area contributed by atoms with Crippen LogP contribution in [0.5, 0.6) is 0 Å². The van der Waals surface area contributed by atoms with Crippen molar-refractivity contribution in [1.29, 1.82) is 5.26 Å². The zero-order valence-electron chi connectivity index (χ0n) is 15.4. The van der Waals surface area contributed by atoms with Gasteiger partial charge in [-0.25, -0.2) is 0 Å². The van der Waals surface area contributed by atoms with Gasteiger partial charge in [0.25, 0.3) is 0 Å². The monoisotopic (exact) mass is 351 g/mol. The Morgan fingerprint density at radius 1 is 1.15 bits per heavy atom. The van der Waals surface area contributed by atoms with E-state index in [4.69, 9.17) is 0 Å². The van der Waals surface area contributed by atoms with Crippen LogP contribution in [0, 0.1) is 17.2 Å². The predicted octanol–water partition coefficient (Wildman–Crippen LogP) is 3.43. The minimum atomic E-state index is -0.455. The van der Waals surface area contributed by atoms with Gasteiger partial charge in [0.15, 0.2) is 0 Å². The van der Waals surface area contributed by atoms with Crippen molar-refractivity contribution in [2.24, 2.45) is 5.92 Å². The van der Waals surface area contributed by atoms with E-state index in [-0.39, 0.29) is 11.9 Å². The maximum Gasteiger partial charge on any atom is 0.238 e. The van der Waals surface area contributed by atoms with E-state index in [1.807, 2.05) is 0 Å². The molecule has 3 aliphatic rings. The van der Waals surface area contributed by atoms with Crippen LogP contribution in [0.15, 0.2) is 24.3 Å². The first kappa shape index (κ1) is 17.5. The number of hydrogen-bond acceptors (Lipinski definition) is 3. The van der Waals surface area contributed by atoms with Crippen LogP contribution in [-0.4, -0.2) is 24.0 Å². The number of carbonyl (C=O) groups excluding carboxylic acids is 1. The minimum Gasteiger partial charge on any atom is -0.339 e. The van der Waals surface area contributed by atoms with Gasteiger partial charge in [0, 0.05) is 12.5 Å². The van der Waals surface area contributed by atoms with Crippen molar-refractivity contribution in [3.63, 3.8) is 0 Å². The van der Waals surface area contributed by atoms with Crippen LogP contribution < -0.4 is 10.6 Å². The minimum absolute atomic E-state index is 0.00238. The summed E-state index contributed by atoms with van der Waals surface area (Å²) >= 11 is 0. The Hall–Kier alpha value is -1.86. The Labute approximate surface area is 156 Å². The van der Waals surface area contributed by atoms with E-state index in [1.165, 1.54) is 44.1 Å². The quantitative estimate of drug-likeness (QED) is 0.854. The van der Waals surface area contributed by atoms with E-state index in [0.717, 1.165) is 18.4 Å². The molecule has 1 aromatic rings. The van der Waals surface area contributed by atoms with Crippen molar-refractivity contribution >= 4 is 5.91 Å². The molecule has 0 spiro atoms. The van der Waals surface area contributed by atoms with Gasteiger partial charge in [0.05, 0.1) is 12.1 Å². The lowest BCUT2D eigenvalue weighted by Crippen LogP contribution is -2.50. The second-order valence-electron chi connectivity index (χ2n) is 8.39. The number of nitrogens with zero attached hydrogens (tertiary/aromatic N) is 1. The molecule has 2 bridgehead atoms. The lowest BCUT2D eigenvalue weighted by Gasteiger charge is -2.24. The Bertz CT molecular complexity index is 672. The van der Waals surface area contributed by atoms with Gasteiger partial charge in [-0.05, 0) is 55.1 Å². The van der Waals surface area contributed by atoms with E-state index in [9.17, 15) is 10.1 Å². The van der Waals surface area contributed by atoms with E-state index in [1.54, 1.807) is 0 Å². The topological polar surface area (TPSA) is 64.9 Å². The third-order valence-corrected chi connectivity index (χ3v) is 6.61. The van der Waals surface area contributed by atoms with E-state index >= 15 is 0 Å². The van der Waals surface area contributed by atoms with Gasteiger partial charge < -0.3 is 10.6 Å². The molecule has 4 nitrogen and oxygen atoms in total. The molecular formula is C22H29N3O. The molecule has 4 atom stereocenters. The summed E-state index contributed by atoms with van der Waals surface area (Å²) in [6.07, 6.45) is 10.7. The maximum absolute atomic E-state index is 12.5. The molecule has 2 saturated carbocycles. The van der Waals surface area contributed by atoms with Crippen molar-refractivity contribution < 1.29 is 4.79 Å².